The number of nitrogens with one attached hydrogen (secondary N) is 1. The zero-order chi connectivity index (χ0) is 25.8. The van der Waals surface area contributed by atoms with Gasteiger partial charge in [-0.05, 0) is 78.5 Å². The zero-order valence-electron chi connectivity index (χ0n) is 19.5. The molecule has 190 valence electrons. The molecule has 0 radical (unpaired) electrons. The van der Waals surface area contributed by atoms with E-state index >= 15 is 0 Å². The maximum absolute atomic E-state index is 12.9. The number of carbonyl (C=O) groups excluding carboxylic acids is 3. The highest BCUT2D eigenvalue weighted by Gasteiger charge is 2.36. The molecular weight excluding hydrogens is 550 g/mol. The van der Waals surface area contributed by atoms with Crippen LogP contribution >= 0.6 is 46.5 Å². The minimum Gasteiger partial charge on any atom is -0.378 e. The van der Waals surface area contributed by atoms with Crippen molar-refractivity contribution < 1.29 is 19.1 Å². The van der Waals surface area contributed by atoms with Gasteiger partial charge in [-0.2, -0.15) is 0 Å². The van der Waals surface area contributed by atoms with E-state index in [2.05, 4.69) is 10.2 Å². The first-order chi connectivity index (χ1) is 17.9. The minimum atomic E-state index is -0.465. The first-order valence-corrected chi connectivity index (χ1v) is 14.3. The molecule has 5 rings (SSSR count). The van der Waals surface area contributed by atoms with Crippen molar-refractivity contribution >= 4 is 81.0 Å². The molecule has 2 aliphatic rings. The molecule has 3 heterocycles. The Labute approximate surface area is 231 Å². The summed E-state index contributed by atoms with van der Waals surface area (Å²) in [6, 6.07) is 18.9. The second-order valence-electron chi connectivity index (χ2n) is 8.18. The summed E-state index contributed by atoms with van der Waals surface area (Å²) in [5, 5.41) is 2.99. The number of thiophene rings is 1. The molecule has 0 atom stereocenters. The summed E-state index contributed by atoms with van der Waals surface area (Å²) in [7, 11) is 0. The highest BCUT2D eigenvalue weighted by Crippen LogP contribution is 2.37. The summed E-state index contributed by atoms with van der Waals surface area (Å²) in [6.45, 7) is 2.70. The van der Waals surface area contributed by atoms with Crippen LogP contribution in [0.3, 0.4) is 0 Å². The number of amides is 3. The topological polar surface area (TPSA) is 79.0 Å². The number of halogens is 1. The molecule has 0 bridgehead atoms. The number of hydrogen-bond donors (Lipinski definition) is 1. The van der Waals surface area contributed by atoms with Gasteiger partial charge in [0.25, 0.3) is 11.1 Å². The van der Waals surface area contributed by atoms with E-state index in [4.69, 9.17) is 16.3 Å². The van der Waals surface area contributed by atoms with E-state index in [1.54, 1.807) is 17.8 Å². The molecule has 1 N–H and O–H groups in total. The highest BCUT2D eigenvalue weighted by atomic mass is 35.5. The molecule has 0 spiro atoms. The lowest BCUT2D eigenvalue weighted by atomic mass is 10.2. The van der Waals surface area contributed by atoms with Gasteiger partial charge in [-0.25, -0.2) is 0 Å². The van der Waals surface area contributed by atoms with Crippen LogP contribution in [0, 0.1) is 0 Å². The normalized spacial score (nSPS) is 17.1. The number of imide groups is 1. The van der Waals surface area contributed by atoms with E-state index in [1.807, 2.05) is 60.7 Å². The molecule has 2 saturated heterocycles. The third-order valence-electron chi connectivity index (χ3n) is 5.61. The van der Waals surface area contributed by atoms with Crippen molar-refractivity contribution in [2.45, 2.75) is 9.10 Å². The Bertz CT molecular complexity index is 1340. The molecule has 3 aromatic rings. The Hall–Kier alpha value is -2.76. The number of thioether (sulfide) groups is 1. The standard InChI is InChI=1S/C26H22ClN3O4S3/c27-17-1-7-20(8-2-17)35-24-10-9-21(36-24)15-22-25(32)30(26(33)37-22)16-23(31)28-18-3-5-19(6-4-18)29-11-13-34-14-12-29/h1-10,15H,11-14,16H2,(H,28,31). The number of morpholine rings is 1. The third kappa shape index (κ3) is 6.58. The average molecular weight is 572 g/mol. The second-order valence-corrected chi connectivity index (χ2v) is 12.1. The first-order valence-electron chi connectivity index (χ1n) is 11.5. The van der Waals surface area contributed by atoms with Crippen LogP contribution in [0.15, 0.2) is 74.7 Å². The van der Waals surface area contributed by atoms with Gasteiger partial charge in [0.05, 0.1) is 22.3 Å². The maximum Gasteiger partial charge on any atom is 0.294 e. The van der Waals surface area contributed by atoms with Gasteiger partial charge in [-0.3, -0.25) is 19.3 Å². The number of rotatable bonds is 7. The lowest BCUT2D eigenvalue weighted by Crippen LogP contribution is -2.36. The Morgan fingerprint density at radius 3 is 2.49 bits per heavy atom. The summed E-state index contributed by atoms with van der Waals surface area (Å²) < 4.78 is 6.42. The van der Waals surface area contributed by atoms with Crippen LogP contribution in [0.1, 0.15) is 4.88 Å². The van der Waals surface area contributed by atoms with Crippen LogP contribution in [0.2, 0.25) is 5.02 Å². The molecule has 2 fully saturated rings. The van der Waals surface area contributed by atoms with Crippen LogP contribution in [-0.2, 0) is 14.3 Å². The molecular formula is C26H22ClN3O4S3. The van der Waals surface area contributed by atoms with Crippen LogP contribution in [0.4, 0.5) is 16.2 Å². The van der Waals surface area contributed by atoms with Gasteiger partial charge in [0.15, 0.2) is 0 Å². The molecule has 37 heavy (non-hydrogen) atoms. The molecule has 7 nitrogen and oxygen atoms in total. The predicted octanol–water partition coefficient (Wildman–Crippen LogP) is 6.06. The number of ether oxygens (including phenoxy) is 1. The largest absolute Gasteiger partial charge is 0.378 e. The lowest BCUT2D eigenvalue weighted by molar-refractivity contribution is -0.127. The molecule has 0 aliphatic carbocycles. The molecule has 3 amide bonds. The van der Waals surface area contributed by atoms with Gasteiger partial charge >= 0.3 is 0 Å². The third-order valence-corrected chi connectivity index (χ3v) is 8.94. The van der Waals surface area contributed by atoms with Gasteiger partial charge < -0.3 is 15.0 Å². The summed E-state index contributed by atoms with van der Waals surface area (Å²) in [6.07, 6.45) is 1.70. The monoisotopic (exact) mass is 571 g/mol. The Morgan fingerprint density at radius 2 is 1.76 bits per heavy atom. The van der Waals surface area contributed by atoms with Crippen molar-refractivity contribution in [1.29, 1.82) is 0 Å². The fraction of sp³-hybridized carbons (Fsp3) is 0.192. The summed E-state index contributed by atoms with van der Waals surface area (Å²) in [5.74, 6) is -0.895. The summed E-state index contributed by atoms with van der Waals surface area (Å²) in [5.41, 5.74) is 1.66. The fourth-order valence-corrected chi connectivity index (χ4v) is 6.87. The van der Waals surface area contributed by atoms with E-state index in [1.165, 1.54) is 11.3 Å². The molecule has 2 aromatic carbocycles. The Morgan fingerprint density at radius 1 is 1.03 bits per heavy atom. The molecule has 1 aromatic heterocycles. The highest BCUT2D eigenvalue weighted by molar-refractivity contribution is 8.18. The van der Waals surface area contributed by atoms with Crippen molar-refractivity contribution in [3.05, 3.63) is 75.5 Å². The van der Waals surface area contributed by atoms with Gasteiger partial charge in [-0.1, -0.05) is 23.4 Å². The first kappa shape index (κ1) is 25.9. The van der Waals surface area contributed by atoms with Crippen molar-refractivity contribution in [3.8, 4) is 0 Å². The minimum absolute atomic E-state index is 0.303. The number of hydrogen-bond acceptors (Lipinski definition) is 8. The van der Waals surface area contributed by atoms with E-state index in [-0.39, 0.29) is 6.54 Å². The van der Waals surface area contributed by atoms with Gasteiger partial charge in [-0.15, -0.1) is 11.3 Å². The van der Waals surface area contributed by atoms with Crippen molar-refractivity contribution in [1.82, 2.24) is 4.90 Å². The number of carbonyl (C=O) groups is 3. The van der Waals surface area contributed by atoms with Crippen molar-refractivity contribution in [2.75, 3.05) is 43.1 Å². The van der Waals surface area contributed by atoms with E-state index in [0.717, 1.165) is 49.4 Å². The van der Waals surface area contributed by atoms with Crippen LogP contribution in [0.5, 0.6) is 0 Å². The fourth-order valence-electron chi connectivity index (χ4n) is 3.77. The smallest absolute Gasteiger partial charge is 0.294 e. The van der Waals surface area contributed by atoms with Gasteiger partial charge in [0.1, 0.15) is 6.54 Å². The summed E-state index contributed by atoms with van der Waals surface area (Å²) in [4.78, 5) is 43.3. The number of benzene rings is 2. The number of anilines is 2. The SMILES string of the molecule is O=C(CN1C(=O)SC(=Cc2ccc(Sc3ccc(Cl)cc3)s2)C1=O)Nc1ccc(N2CCOCC2)cc1. The lowest BCUT2D eigenvalue weighted by Gasteiger charge is -2.28. The molecule has 2 aliphatic heterocycles. The van der Waals surface area contributed by atoms with E-state index in [0.29, 0.717) is 28.8 Å². The van der Waals surface area contributed by atoms with E-state index in [9.17, 15) is 14.4 Å². The van der Waals surface area contributed by atoms with Gasteiger partial charge in [0, 0.05) is 39.3 Å². The second kappa shape index (κ2) is 11.7. The Kier molecular flexibility index (Phi) is 8.21. The quantitative estimate of drug-likeness (QED) is 0.345. The molecule has 0 saturated carbocycles. The molecule has 0 unspecified atom stereocenters. The number of nitrogens with zero attached hydrogens (tertiary/aromatic N) is 2. The van der Waals surface area contributed by atoms with Gasteiger partial charge in [0.2, 0.25) is 5.91 Å². The zero-order valence-corrected chi connectivity index (χ0v) is 22.7. The average Bonchev–Trinajstić information content (AvgIpc) is 3.45. The van der Waals surface area contributed by atoms with Crippen molar-refractivity contribution in [2.24, 2.45) is 0 Å². The Balaban J connectivity index is 1.17. The van der Waals surface area contributed by atoms with Crippen molar-refractivity contribution in [3.63, 3.8) is 0 Å². The predicted molar refractivity (Wildman–Crippen MR) is 151 cm³/mol. The molecule has 11 heteroatoms. The van der Waals surface area contributed by atoms with E-state index < -0.39 is 17.1 Å². The van der Waals surface area contributed by atoms with Crippen LogP contribution in [-0.4, -0.2) is 54.8 Å². The summed E-state index contributed by atoms with van der Waals surface area (Å²) >= 11 is 9.90. The maximum atomic E-state index is 12.9. The van der Waals surface area contributed by atoms with Crippen LogP contribution in [0.25, 0.3) is 6.08 Å². The van der Waals surface area contributed by atoms with Crippen LogP contribution < -0.4 is 10.2 Å².